The van der Waals surface area contributed by atoms with Crippen molar-refractivity contribution in [3.8, 4) is 39.1 Å². The molecular weight excluding hydrogens is 912 g/mol. The van der Waals surface area contributed by atoms with Gasteiger partial charge in [-0.1, -0.05) is 170 Å². The van der Waals surface area contributed by atoms with E-state index in [9.17, 15) is 0 Å². The second kappa shape index (κ2) is 13.9. The van der Waals surface area contributed by atoms with Crippen LogP contribution in [0.1, 0.15) is 154 Å². The molecule has 0 bridgehead atoms. The Labute approximate surface area is 442 Å². The predicted molar refractivity (Wildman–Crippen MR) is 321 cm³/mol. The lowest BCUT2D eigenvalue weighted by Crippen LogP contribution is -2.60. The predicted octanol–water partition coefficient (Wildman–Crippen LogP) is 17.9. The lowest BCUT2D eigenvalue weighted by Gasteiger charge is -2.43. The molecule has 0 fully saturated rings. The van der Waals surface area contributed by atoms with Crippen molar-refractivity contribution in [2.45, 2.75) is 142 Å². The van der Waals surface area contributed by atoms with Crippen molar-refractivity contribution in [3.05, 3.63) is 172 Å². The molecule has 2 nitrogen and oxygen atoms in total. The maximum atomic E-state index is 2.81. The van der Waals surface area contributed by atoms with Crippen LogP contribution in [-0.2, 0) is 32.5 Å². The number of nitrogens with zero attached hydrogens (tertiary/aromatic N) is 2. The van der Waals surface area contributed by atoms with Crippen molar-refractivity contribution in [1.82, 2.24) is 4.57 Å². The first-order valence-corrected chi connectivity index (χ1v) is 28.3. The summed E-state index contributed by atoms with van der Waals surface area (Å²) in [6, 6.07) is 51.6. The molecule has 15 rings (SSSR count). The van der Waals surface area contributed by atoms with Crippen LogP contribution in [0.3, 0.4) is 0 Å². The first kappa shape index (κ1) is 45.1. The highest BCUT2D eigenvalue weighted by molar-refractivity contribution is 7.26. The van der Waals surface area contributed by atoms with E-state index in [-0.39, 0.29) is 39.3 Å². The summed E-state index contributed by atoms with van der Waals surface area (Å²) in [7, 11) is 0. The van der Waals surface area contributed by atoms with Crippen LogP contribution < -0.4 is 15.7 Å². The zero-order valence-electron chi connectivity index (χ0n) is 45.9. The van der Waals surface area contributed by atoms with Gasteiger partial charge in [-0.3, -0.25) is 0 Å². The summed E-state index contributed by atoms with van der Waals surface area (Å²) in [5, 5.41) is 5.47. The molecule has 4 heterocycles. The molecule has 0 spiro atoms. The van der Waals surface area contributed by atoms with Crippen molar-refractivity contribution in [3.63, 3.8) is 0 Å². The molecule has 0 N–H and O–H groups in total. The highest BCUT2D eigenvalue weighted by Crippen LogP contribution is 2.62. The monoisotopic (exact) mass is 979 g/mol. The molecule has 0 radical (unpaired) electrons. The van der Waals surface area contributed by atoms with Crippen LogP contribution in [0.5, 0.6) is 0 Å². The number of anilines is 2. The molecule has 0 atom stereocenters. The van der Waals surface area contributed by atoms with Crippen LogP contribution in [0.2, 0.25) is 0 Å². The topological polar surface area (TPSA) is 8.17 Å². The molecule has 3 aliphatic carbocycles. The van der Waals surface area contributed by atoms with Gasteiger partial charge in [-0.25, -0.2) is 0 Å². The lowest BCUT2D eigenvalue weighted by molar-refractivity contribution is 0.331. The Morgan fingerprint density at radius 2 is 1.12 bits per heavy atom. The van der Waals surface area contributed by atoms with Crippen molar-refractivity contribution in [1.29, 1.82) is 0 Å². The molecule has 0 saturated carbocycles. The van der Waals surface area contributed by atoms with Crippen LogP contribution in [0, 0.1) is 0 Å². The van der Waals surface area contributed by atoms with Crippen molar-refractivity contribution < 1.29 is 0 Å². The summed E-state index contributed by atoms with van der Waals surface area (Å²) < 4.78 is 5.41. The van der Waals surface area contributed by atoms with Gasteiger partial charge < -0.3 is 9.38 Å². The molecule has 10 aromatic rings. The van der Waals surface area contributed by atoms with E-state index in [1.807, 2.05) is 11.3 Å². The normalized spacial score (nSPS) is 17.9. The van der Waals surface area contributed by atoms with Crippen LogP contribution in [0.15, 0.2) is 127 Å². The number of thiophene rings is 1. The number of aromatic nitrogens is 1. The smallest absolute Gasteiger partial charge is 0.333 e. The molecular formula is C70H67BN2S. The van der Waals surface area contributed by atoms with E-state index in [0.29, 0.717) is 0 Å². The number of hydrogen-bond acceptors (Lipinski definition) is 2. The lowest BCUT2D eigenvalue weighted by atomic mass is 9.43. The Hall–Kier alpha value is -6.36. The maximum absolute atomic E-state index is 2.81. The van der Waals surface area contributed by atoms with Gasteiger partial charge in [0.15, 0.2) is 0 Å². The van der Waals surface area contributed by atoms with Crippen molar-refractivity contribution >= 4 is 82.5 Å². The van der Waals surface area contributed by atoms with E-state index in [4.69, 9.17) is 0 Å². The summed E-state index contributed by atoms with van der Waals surface area (Å²) >= 11 is 1.94. The summed E-state index contributed by atoms with van der Waals surface area (Å²) in [6.07, 6.45) is 2.40. The van der Waals surface area contributed by atoms with E-state index >= 15 is 0 Å². The highest BCUT2D eigenvalue weighted by Gasteiger charge is 2.52. The van der Waals surface area contributed by atoms with Crippen LogP contribution in [0.4, 0.5) is 11.4 Å². The SMILES string of the molecule is CC(C)(C)c1ccc(N2B3c4cc5c(cc4-n4c6ccc(C(C)(C)C)cc6c6c7c(c(c3c64)-c3cc4c(cc32)-c2cc3c(cc2C4(C)C)C(C)(C)CCC3(C)C)-c2ccccc2C7(C)C)sc2ccccc25)cc1. The number of fused-ring (bicyclic) bond motifs is 20. The first-order chi connectivity index (χ1) is 35.0. The summed E-state index contributed by atoms with van der Waals surface area (Å²) in [4.78, 5) is 2.81. The Kier molecular flexibility index (Phi) is 8.48. The van der Waals surface area contributed by atoms with Gasteiger partial charge in [0.1, 0.15) is 0 Å². The summed E-state index contributed by atoms with van der Waals surface area (Å²) in [5.74, 6) is 0. The molecule has 74 heavy (non-hydrogen) atoms. The third-order valence-corrected chi connectivity index (χ3v) is 20.6. The van der Waals surface area contributed by atoms with Crippen molar-refractivity contribution in [2.75, 3.05) is 4.81 Å². The van der Waals surface area contributed by atoms with Crippen LogP contribution in [0.25, 0.3) is 81.0 Å². The van der Waals surface area contributed by atoms with Crippen LogP contribution >= 0.6 is 11.3 Å². The fourth-order valence-electron chi connectivity index (χ4n) is 15.2. The van der Waals surface area contributed by atoms with E-state index in [2.05, 4.69) is 234 Å². The molecule has 2 aliphatic heterocycles. The Morgan fingerprint density at radius 1 is 0.486 bits per heavy atom. The molecule has 5 aliphatic rings. The van der Waals surface area contributed by atoms with E-state index in [1.54, 1.807) is 5.56 Å². The minimum atomic E-state index is -0.256. The fourth-order valence-corrected chi connectivity index (χ4v) is 16.4. The average molecular weight is 979 g/mol. The molecule has 0 saturated heterocycles. The molecule has 0 unspecified atom stereocenters. The quantitative estimate of drug-likeness (QED) is 0.149. The van der Waals surface area contributed by atoms with Gasteiger partial charge in [0.2, 0.25) is 0 Å². The van der Waals surface area contributed by atoms with E-state index in [0.717, 1.165) is 0 Å². The standard InChI is InChI=1S/C70H67BN2S/c1-65(2,3)38-23-26-40(27-24-38)73-55-35-44-43-32-51-52(68(9,10)30-29-67(51,7)8)36-50(43)69(11,12)49(44)33-47(55)60-59-42-20-15-17-21-48(42)70(13,14)62(59)61-46-31-39(66(4,5)6)25-28-54(46)72-56-37-58-45(41-19-16-18-22-57(41)74-58)34-53(56)71(73)63(60)64(61)72/h15-28,31-37H,29-30H2,1-14H3. The minimum Gasteiger partial charge on any atom is -0.376 e. The van der Waals surface area contributed by atoms with Crippen LogP contribution in [-0.4, -0.2) is 11.4 Å². The van der Waals surface area contributed by atoms with Crippen molar-refractivity contribution in [2.24, 2.45) is 0 Å². The van der Waals surface area contributed by atoms with E-state index < -0.39 is 0 Å². The van der Waals surface area contributed by atoms with Gasteiger partial charge in [0, 0.05) is 64.4 Å². The summed E-state index contributed by atoms with van der Waals surface area (Å²) in [6.45, 7) is 34.0. The zero-order chi connectivity index (χ0) is 51.3. The van der Waals surface area contributed by atoms with Gasteiger partial charge in [0.05, 0.1) is 11.0 Å². The van der Waals surface area contributed by atoms with Gasteiger partial charge >= 0.3 is 6.85 Å². The zero-order valence-corrected chi connectivity index (χ0v) is 46.7. The highest BCUT2D eigenvalue weighted by atomic mass is 32.1. The Bertz CT molecular complexity index is 4210. The average Bonchev–Trinajstić information content (AvgIpc) is 4.05. The maximum Gasteiger partial charge on any atom is 0.333 e. The second-order valence-electron chi connectivity index (χ2n) is 27.6. The third kappa shape index (κ3) is 5.58. The molecule has 8 aromatic carbocycles. The van der Waals surface area contributed by atoms with E-state index in [1.165, 1.54) is 155 Å². The molecule has 4 heteroatoms. The number of benzene rings is 8. The molecule has 2 aromatic heterocycles. The number of rotatable bonds is 1. The minimum absolute atomic E-state index is 0.0192. The van der Waals surface area contributed by atoms with Gasteiger partial charge in [0.25, 0.3) is 0 Å². The van der Waals surface area contributed by atoms with Gasteiger partial charge in [-0.05, 0) is 172 Å². The molecule has 0 amide bonds. The summed E-state index contributed by atoms with van der Waals surface area (Å²) in [5.41, 5.74) is 29.1. The Morgan fingerprint density at radius 3 is 1.85 bits per heavy atom. The Balaban J connectivity index is 1.16. The number of hydrogen-bond donors (Lipinski definition) is 0. The van der Waals surface area contributed by atoms with Gasteiger partial charge in [-0.2, -0.15) is 0 Å². The second-order valence-corrected chi connectivity index (χ2v) is 28.7. The third-order valence-electron chi connectivity index (χ3n) is 19.5. The fraction of sp³-hybridized carbons (Fsp3) is 0.314. The largest absolute Gasteiger partial charge is 0.376 e. The molecule has 366 valence electrons. The first-order valence-electron chi connectivity index (χ1n) is 27.5. The van der Waals surface area contributed by atoms with Gasteiger partial charge in [-0.15, -0.1) is 11.3 Å².